The van der Waals surface area contributed by atoms with Crippen molar-refractivity contribution in [2.45, 2.75) is 32.7 Å². The number of nitrogens with zero attached hydrogens (tertiary/aromatic N) is 3. The monoisotopic (exact) mass is 462 g/mol. The van der Waals surface area contributed by atoms with Crippen LogP contribution in [0.3, 0.4) is 0 Å². The Morgan fingerprint density at radius 1 is 1.03 bits per heavy atom. The van der Waals surface area contributed by atoms with E-state index in [-0.39, 0.29) is 41.8 Å². The summed E-state index contributed by atoms with van der Waals surface area (Å²) < 4.78 is 12.0. The topological polar surface area (TPSA) is 103 Å². The first-order chi connectivity index (χ1) is 16.4. The van der Waals surface area contributed by atoms with Crippen LogP contribution in [0.4, 0.5) is 5.69 Å². The Morgan fingerprint density at radius 3 is 2.47 bits per heavy atom. The van der Waals surface area contributed by atoms with E-state index in [2.05, 4.69) is 10.4 Å². The molecule has 0 unspecified atom stereocenters. The molecular formula is C25H26N4O5. The summed E-state index contributed by atoms with van der Waals surface area (Å²) >= 11 is 0. The van der Waals surface area contributed by atoms with E-state index < -0.39 is 0 Å². The predicted molar refractivity (Wildman–Crippen MR) is 126 cm³/mol. The number of piperidine rings is 1. The highest BCUT2D eigenvalue weighted by molar-refractivity contribution is 6.05. The van der Waals surface area contributed by atoms with Crippen molar-refractivity contribution in [1.29, 1.82) is 0 Å². The standard InChI is InChI=1S/C25H26N4O5/c1-15(2)29-24(31)19-6-4-3-5-18(19)22(27-29)25(32)28-11-9-16(10-12-28)23(30)26-17-7-8-20-21(13-17)34-14-33-20/h3-8,13,15-16H,9-12,14H2,1-2H3,(H,26,30). The molecule has 3 aromatic rings. The lowest BCUT2D eigenvalue weighted by Crippen LogP contribution is -2.42. The molecule has 34 heavy (non-hydrogen) atoms. The molecule has 0 bridgehead atoms. The van der Waals surface area contributed by atoms with Crippen LogP contribution < -0.4 is 20.3 Å². The van der Waals surface area contributed by atoms with Gasteiger partial charge in [0.1, 0.15) is 0 Å². The van der Waals surface area contributed by atoms with Crippen molar-refractivity contribution >= 4 is 28.3 Å². The van der Waals surface area contributed by atoms with E-state index in [4.69, 9.17) is 9.47 Å². The average molecular weight is 463 g/mol. The molecule has 0 aliphatic carbocycles. The van der Waals surface area contributed by atoms with Crippen molar-refractivity contribution in [3.63, 3.8) is 0 Å². The summed E-state index contributed by atoms with van der Waals surface area (Å²) in [6, 6.07) is 12.2. The van der Waals surface area contributed by atoms with Gasteiger partial charge in [-0.1, -0.05) is 18.2 Å². The Morgan fingerprint density at radius 2 is 1.74 bits per heavy atom. The third kappa shape index (κ3) is 3.98. The van der Waals surface area contributed by atoms with Crippen LogP contribution in [-0.2, 0) is 4.79 Å². The summed E-state index contributed by atoms with van der Waals surface area (Å²) in [7, 11) is 0. The summed E-state index contributed by atoms with van der Waals surface area (Å²) in [5.74, 6) is 0.766. The number of likely N-dealkylation sites (tertiary alicyclic amines) is 1. The van der Waals surface area contributed by atoms with Gasteiger partial charge in [-0.15, -0.1) is 0 Å². The zero-order valence-electron chi connectivity index (χ0n) is 19.1. The normalized spacial score (nSPS) is 15.7. The van der Waals surface area contributed by atoms with E-state index in [0.29, 0.717) is 53.9 Å². The van der Waals surface area contributed by atoms with E-state index >= 15 is 0 Å². The fourth-order valence-corrected chi connectivity index (χ4v) is 4.43. The van der Waals surface area contributed by atoms with Crippen LogP contribution in [0.5, 0.6) is 11.5 Å². The molecular weight excluding hydrogens is 436 g/mol. The Balaban J connectivity index is 1.29. The lowest BCUT2D eigenvalue weighted by Gasteiger charge is -2.31. The average Bonchev–Trinajstić information content (AvgIpc) is 3.32. The SMILES string of the molecule is CC(C)n1nc(C(=O)N2CCC(C(=O)Nc3ccc4c(c3)OCO4)CC2)c2ccccc2c1=O. The van der Waals surface area contributed by atoms with Crippen LogP contribution in [0.25, 0.3) is 10.8 Å². The lowest BCUT2D eigenvalue weighted by atomic mass is 9.95. The Hall–Kier alpha value is -3.88. The molecule has 1 aromatic heterocycles. The molecule has 0 saturated carbocycles. The van der Waals surface area contributed by atoms with Crippen LogP contribution in [0.1, 0.15) is 43.2 Å². The van der Waals surface area contributed by atoms with Crippen molar-refractivity contribution in [1.82, 2.24) is 14.7 Å². The van der Waals surface area contributed by atoms with Crippen molar-refractivity contribution < 1.29 is 19.1 Å². The quantitative estimate of drug-likeness (QED) is 0.639. The zero-order valence-corrected chi connectivity index (χ0v) is 19.1. The van der Waals surface area contributed by atoms with E-state index in [1.807, 2.05) is 13.8 Å². The van der Waals surface area contributed by atoms with Gasteiger partial charge in [0.25, 0.3) is 11.5 Å². The van der Waals surface area contributed by atoms with Crippen LogP contribution in [0, 0.1) is 5.92 Å². The molecule has 0 spiro atoms. The van der Waals surface area contributed by atoms with Crippen LogP contribution >= 0.6 is 0 Å². The molecule has 5 rings (SSSR count). The Labute approximate surface area is 196 Å². The van der Waals surface area contributed by atoms with Gasteiger partial charge in [0.2, 0.25) is 12.7 Å². The first-order valence-electron chi connectivity index (χ1n) is 11.4. The minimum absolute atomic E-state index is 0.0807. The third-order valence-electron chi connectivity index (χ3n) is 6.31. The number of carbonyl (C=O) groups excluding carboxylic acids is 2. The molecule has 176 valence electrons. The minimum Gasteiger partial charge on any atom is -0.454 e. The molecule has 0 radical (unpaired) electrons. The number of hydrogen-bond donors (Lipinski definition) is 1. The highest BCUT2D eigenvalue weighted by Crippen LogP contribution is 2.34. The van der Waals surface area contributed by atoms with Crippen molar-refractivity contribution in [3.05, 3.63) is 58.5 Å². The molecule has 2 amide bonds. The van der Waals surface area contributed by atoms with Gasteiger partial charge in [0.05, 0.1) is 11.4 Å². The maximum atomic E-state index is 13.4. The first-order valence-corrected chi connectivity index (χ1v) is 11.4. The van der Waals surface area contributed by atoms with E-state index in [1.165, 1.54) is 4.68 Å². The van der Waals surface area contributed by atoms with Gasteiger partial charge >= 0.3 is 0 Å². The molecule has 2 aliphatic heterocycles. The number of benzene rings is 2. The Kier molecular flexibility index (Phi) is 5.69. The fourth-order valence-electron chi connectivity index (χ4n) is 4.43. The van der Waals surface area contributed by atoms with Gasteiger partial charge in [-0.05, 0) is 44.9 Å². The summed E-state index contributed by atoms with van der Waals surface area (Å²) in [5, 5.41) is 8.40. The number of rotatable bonds is 4. The minimum atomic E-state index is -0.222. The van der Waals surface area contributed by atoms with Gasteiger partial charge in [-0.25, -0.2) is 4.68 Å². The summed E-state index contributed by atoms with van der Waals surface area (Å²) in [5.41, 5.74) is 0.715. The van der Waals surface area contributed by atoms with Gasteiger partial charge in [0, 0.05) is 36.1 Å². The molecule has 3 heterocycles. The number of aromatic nitrogens is 2. The van der Waals surface area contributed by atoms with Gasteiger partial charge < -0.3 is 19.7 Å². The summed E-state index contributed by atoms with van der Waals surface area (Å²) in [6.45, 7) is 4.78. The molecule has 1 N–H and O–H groups in total. The molecule has 1 saturated heterocycles. The Bertz CT molecular complexity index is 1320. The van der Waals surface area contributed by atoms with Gasteiger partial charge in [-0.2, -0.15) is 5.10 Å². The second-order valence-electron chi connectivity index (χ2n) is 8.86. The zero-order chi connectivity index (χ0) is 23.8. The second-order valence-corrected chi connectivity index (χ2v) is 8.86. The van der Waals surface area contributed by atoms with Crippen LogP contribution in [0.2, 0.25) is 0 Å². The highest BCUT2D eigenvalue weighted by Gasteiger charge is 2.30. The molecule has 1 fully saturated rings. The van der Waals surface area contributed by atoms with Gasteiger partial charge in [0.15, 0.2) is 17.2 Å². The molecule has 0 atom stereocenters. The van der Waals surface area contributed by atoms with E-state index in [9.17, 15) is 14.4 Å². The number of carbonyl (C=O) groups is 2. The van der Waals surface area contributed by atoms with Crippen LogP contribution in [0.15, 0.2) is 47.3 Å². The number of amides is 2. The molecule has 9 nitrogen and oxygen atoms in total. The number of anilines is 1. The van der Waals surface area contributed by atoms with Crippen molar-refractivity contribution in [3.8, 4) is 11.5 Å². The third-order valence-corrected chi connectivity index (χ3v) is 6.31. The maximum absolute atomic E-state index is 13.4. The number of fused-ring (bicyclic) bond motifs is 2. The van der Waals surface area contributed by atoms with Crippen molar-refractivity contribution in [2.75, 3.05) is 25.2 Å². The van der Waals surface area contributed by atoms with Gasteiger partial charge in [-0.3, -0.25) is 14.4 Å². The predicted octanol–water partition coefficient (Wildman–Crippen LogP) is 3.20. The molecule has 9 heteroatoms. The van der Waals surface area contributed by atoms with E-state index in [1.54, 1.807) is 47.4 Å². The highest BCUT2D eigenvalue weighted by atomic mass is 16.7. The maximum Gasteiger partial charge on any atom is 0.274 e. The lowest BCUT2D eigenvalue weighted by molar-refractivity contribution is -0.121. The van der Waals surface area contributed by atoms with Crippen molar-refractivity contribution in [2.24, 2.45) is 5.92 Å². The largest absolute Gasteiger partial charge is 0.454 e. The van der Waals surface area contributed by atoms with Crippen LogP contribution in [-0.4, -0.2) is 46.4 Å². The second kappa shape index (κ2) is 8.81. The molecule has 2 aromatic carbocycles. The first kappa shape index (κ1) is 21.9. The summed E-state index contributed by atoms with van der Waals surface area (Å²) in [6.07, 6.45) is 1.09. The molecule has 2 aliphatic rings. The number of nitrogens with one attached hydrogen (secondary N) is 1. The summed E-state index contributed by atoms with van der Waals surface area (Å²) in [4.78, 5) is 40.7. The smallest absolute Gasteiger partial charge is 0.274 e. The van der Waals surface area contributed by atoms with E-state index in [0.717, 1.165) is 0 Å². The number of hydrogen-bond acceptors (Lipinski definition) is 6. The number of ether oxygens (including phenoxy) is 2. The fraction of sp³-hybridized carbons (Fsp3) is 0.360.